The summed E-state index contributed by atoms with van der Waals surface area (Å²) in [6.07, 6.45) is 1.27. The number of carbonyl (C=O) groups excluding carboxylic acids is 2. The minimum absolute atomic E-state index is 0.0606. The highest BCUT2D eigenvalue weighted by Gasteiger charge is 2.30. The summed E-state index contributed by atoms with van der Waals surface area (Å²) in [4.78, 5) is 40.3. The molecule has 2 heterocycles. The number of carbonyl (C=O) groups is 3. The van der Waals surface area contributed by atoms with E-state index >= 15 is 0 Å². The summed E-state index contributed by atoms with van der Waals surface area (Å²) in [5, 5.41) is 11.9. The Morgan fingerprint density at radius 3 is 2.41 bits per heavy atom. The number of alkyl carbamates (subject to hydrolysis) is 1. The van der Waals surface area contributed by atoms with Crippen molar-refractivity contribution < 1.29 is 29.0 Å². The summed E-state index contributed by atoms with van der Waals surface area (Å²) in [5.41, 5.74) is 0.818. The Hall–Kier alpha value is -2.65. The number of carboxylic acids is 1. The minimum Gasteiger partial charge on any atom is -0.480 e. The van der Waals surface area contributed by atoms with Crippen LogP contribution in [0.1, 0.15) is 39.2 Å². The number of amides is 2. The molecule has 1 unspecified atom stereocenters. The summed E-state index contributed by atoms with van der Waals surface area (Å²) in [6, 6.07) is 6.52. The second kappa shape index (κ2) is 10.3. The number of aliphatic carboxylic acids is 1. The molecule has 9 nitrogen and oxygen atoms in total. The van der Waals surface area contributed by atoms with Gasteiger partial charge in [0.25, 0.3) is 0 Å². The van der Waals surface area contributed by atoms with Gasteiger partial charge in [-0.3, -0.25) is 9.69 Å². The van der Waals surface area contributed by atoms with Gasteiger partial charge in [0.2, 0.25) is 5.91 Å². The van der Waals surface area contributed by atoms with Gasteiger partial charge in [0.15, 0.2) is 0 Å². The van der Waals surface area contributed by atoms with Crippen LogP contribution in [0.4, 0.5) is 10.5 Å². The molecule has 2 amide bonds. The molecular weight excluding hydrogens is 414 g/mol. The van der Waals surface area contributed by atoms with Gasteiger partial charge >= 0.3 is 12.1 Å². The topological polar surface area (TPSA) is 108 Å². The van der Waals surface area contributed by atoms with Gasteiger partial charge < -0.3 is 24.8 Å². The van der Waals surface area contributed by atoms with E-state index in [1.165, 1.54) is 0 Å². The summed E-state index contributed by atoms with van der Waals surface area (Å²) in [5.74, 6) is -1.08. The summed E-state index contributed by atoms with van der Waals surface area (Å²) < 4.78 is 10.6. The number of hydrogen-bond acceptors (Lipinski definition) is 6. The van der Waals surface area contributed by atoms with Crippen molar-refractivity contribution in [2.75, 3.05) is 37.7 Å². The first-order valence-corrected chi connectivity index (χ1v) is 11.1. The average molecular weight is 448 g/mol. The van der Waals surface area contributed by atoms with E-state index in [0.717, 1.165) is 43.9 Å². The number of anilines is 1. The third-order valence-corrected chi connectivity index (χ3v) is 5.63. The second-order valence-electron chi connectivity index (χ2n) is 9.27. The average Bonchev–Trinajstić information content (AvgIpc) is 2.73. The lowest BCUT2D eigenvalue weighted by Gasteiger charge is -2.40. The summed E-state index contributed by atoms with van der Waals surface area (Å²) in [6.45, 7) is 8.48. The molecule has 0 saturated carbocycles. The zero-order valence-electron chi connectivity index (χ0n) is 19.0. The van der Waals surface area contributed by atoms with Crippen molar-refractivity contribution in [2.24, 2.45) is 0 Å². The Bertz CT molecular complexity index is 814. The van der Waals surface area contributed by atoms with Crippen molar-refractivity contribution >= 4 is 23.7 Å². The maximum absolute atomic E-state index is 12.7. The van der Waals surface area contributed by atoms with Crippen LogP contribution in [-0.4, -0.2) is 78.5 Å². The normalized spacial score (nSPS) is 19.5. The molecule has 2 fully saturated rings. The molecule has 2 aliphatic heterocycles. The van der Waals surface area contributed by atoms with E-state index in [9.17, 15) is 19.5 Å². The Labute approximate surface area is 188 Å². The highest BCUT2D eigenvalue weighted by atomic mass is 16.6. The van der Waals surface area contributed by atoms with Crippen molar-refractivity contribution in [3.05, 3.63) is 29.8 Å². The summed E-state index contributed by atoms with van der Waals surface area (Å²) in [7, 11) is 0. The van der Waals surface area contributed by atoms with E-state index in [2.05, 4.69) is 10.2 Å². The molecule has 1 aromatic carbocycles. The van der Waals surface area contributed by atoms with Crippen LogP contribution >= 0.6 is 0 Å². The van der Waals surface area contributed by atoms with Crippen molar-refractivity contribution in [3.8, 4) is 0 Å². The van der Waals surface area contributed by atoms with Crippen LogP contribution in [0.15, 0.2) is 24.3 Å². The lowest BCUT2D eigenvalue weighted by molar-refractivity contribution is -0.139. The fourth-order valence-corrected chi connectivity index (χ4v) is 4.02. The van der Waals surface area contributed by atoms with Gasteiger partial charge in [-0.2, -0.15) is 0 Å². The Kier molecular flexibility index (Phi) is 7.73. The van der Waals surface area contributed by atoms with Crippen LogP contribution in [0.3, 0.4) is 0 Å². The van der Waals surface area contributed by atoms with Gasteiger partial charge in [-0.15, -0.1) is 0 Å². The van der Waals surface area contributed by atoms with E-state index in [-0.39, 0.29) is 12.3 Å². The predicted molar refractivity (Wildman–Crippen MR) is 119 cm³/mol. The minimum atomic E-state index is -1.14. The van der Waals surface area contributed by atoms with Gasteiger partial charge in [-0.25, -0.2) is 9.59 Å². The Morgan fingerprint density at radius 2 is 1.84 bits per heavy atom. The fourth-order valence-electron chi connectivity index (χ4n) is 4.02. The number of rotatable bonds is 6. The smallest absolute Gasteiger partial charge is 0.408 e. The SMILES string of the molecule is CC(C)(C)OC(=O)NC(Cc1ccc(N2CCN(C3CCOCC3)CC2=O)cc1)C(=O)O. The highest BCUT2D eigenvalue weighted by Crippen LogP contribution is 2.22. The number of nitrogens with one attached hydrogen (secondary N) is 1. The quantitative estimate of drug-likeness (QED) is 0.687. The molecular formula is C23H33N3O6. The van der Waals surface area contributed by atoms with Crippen molar-refractivity contribution in [3.63, 3.8) is 0 Å². The zero-order valence-corrected chi connectivity index (χ0v) is 19.0. The van der Waals surface area contributed by atoms with Crippen LogP contribution in [0.2, 0.25) is 0 Å². The molecule has 9 heteroatoms. The zero-order chi connectivity index (χ0) is 23.3. The number of hydrogen-bond donors (Lipinski definition) is 2. The summed E-state index contributed by atoms with van der Waals surface area (Å²) >= 11 is 0. The maximum atomic E-state index is 12.7. The third-order valence-electron chi connectivity index (χ3n) is 5.63. The molecule has 2 N–H and O–H groups in total. The third kappa shape index (κ3) is 6.67. The molecule has 1 atom stereocenters. The first-order chi connectivity index (χ1) is 15.1. The maximum Gasteiger partial charge on any atom is 0.408 e. The molecule has 2 saturated heterocycles. The lowest BCUT2D eigenvalue weighted by atomic mass is 10.0. The van der Waals surface area contributed by atoms with Crippen LogP contribution < -0.4 is 10.2 Å². The number of benzene rings is 1. The van der Waals surface area contributed by atoms with Crippen LogP contribution in [0.25, 0.3) is 0 Å². The fraction of sp³-hybridized carbons (Fsp3) is 0.609. The van der Waals surface area contributed by atoms with Gasteiger partial charge in [-0.05, 0) is 51.3 Å². The predicted octanol–water partition coefficient (Wildman–Crippen LogP) is 2.03. The molecule has 1 aromatic rings. The Morgan fingerprint density at radius 1 is 1.19 bits per heavy atom. The van der Waals surface area contributed by atoms with Gasteiger partial charge in [0.05, 0.1) is 6.54 Å². The van der Waals surface area contributed by atoms with Crippen molar-refractivity contribution in [1.29, 1.82) is 0 Å². The molecule has 0 aliphatic carbocycles. The van der Waals surface area contributed by atoms with Crippen LogP contribution in [-0.2, 0) is 25.5 Å². The molecule has 32 heavy (non-hydrogen) atoms. The first-order valence-electron chi connectivity index (χ1n) is 11.1. The van der Waals surface area contributed by atoms with E-state index in [1.807, 2.05) is 12.1 Å². The monoisotopic (exact) mass is 447 g/mol. The highest BCUT2D eigenvalue weighted by molar-refractivity contribution is 5.95. The van der Waals surface area contributed by atoms with E-state index in [1.54, 1.807) is 37.8 Å². The second-order valence-corrected chi connectivity index (χ2v) is 9.27. The van der Waals surface area contributed by atoms with E-state index in [0.29, 0.717) is 19.1 Å². The number of ether oxygens (including phenoxy) is 2. The first kappa shape index (κ1) is 24.0. The van der Waals surface area contributed by atoms with E-state index < -0.39 is 23.7 Å². The lowest BCUT2D eigenvalue weighted by Crippen LogP contribution is -2.54. The van der Waals surface area contributed by atoms with Gasteiger partial charge in [0.1, 0.15) is 11.6 Å². The number of piperazine rings is 1. The molecule has 0 radical (unpaired) electrons. The number of nitrogens with zero attached hydrogens (tertiary/aromatic N) is 2. The molecule has 0 aromatic heterocycles. The molecule has 0 spiro atoms. The van der Waals surface area contributed by atoms with Crippen LogP contribution in [0, 0.1) is 0 Å². The largest absolute Gasteiger partial charge is 0.480 e. The van der Waals surface area contributed by atoms with Crippen LogP contribution in [0.5, 0.6) is 0 Å². The molecule has 3 rings (SSSR count). The molecule has 2 aliphatic rings. The van der Waals surface area contributed by atoms with Crippen molar-refractivity contribution in [2.45, 2.75) is 57.7 Å². The van der Waals surface area contributed by atoms with Gasteiger partial charge in [-0.1, -0.05) is 12.1 Å². The molecule has 176 valence electrons. The van der Waals surface area contributed by atoms with Gasteiger partial charge in [0, 0.05) is 44.5 Å². The standard InChI is InChI=1S/C23H33N3O6/c1-23(2,3)32-22(30)24-19(21(28)29)14-16-4-6-18(7-5-16)26-11-10-25(15-20(26)27)17-8-12-31-13-9-17/h4-7,17,19H,8-15H2,1-3H3,(H,24,30)(H,28,29). The Balaban J connectivity index is 1.57. The van der Waals surface area contributed by atoms with E-state index in [4.69, 9.17) is 9.47 Å². The number of carboxylic acid groups (broad SMARTS) is 1. The molecule has 0 bridgehead atoms. The van der Waals surface area contributed by atoms with Crippen molar-refractivity contribution in [1.82, 2.24) is 10.2 Å².